The van der Waals surface area contributed by atoms with Crippen LogP contribution in [0.15, 0.2) is 12.1 Å². The number of aromatic carboxylic acids is 1. The van der Waals surface area contributed by atoms with Crippen molar-refractivity contribution >= 4 is 23.4 Å². The summed E-state index contributed by atoms with van der Waals surface area (Å²) in [6.07, 6.45) is 1.11. The highest BCUT2D eigenvalue weighted by atomic mass is 35.5. The second-order valence-electron chi connectivity index (χ2n) is 3.66. The fourth-order valence-corrected chi connectivity index (χ4v) is 1.53. The molecule has 17 heavy (non-hydrogen) atoms. The summed E-state index contributed by atoms with van der Waals surface area (Å²) in [6.45, 7) is 2.31. The van der Waals surface area contributed by atoms with Gasteiger partial charge in [-0.15, -0.1) is 0 Å². The van der Waals surface area contributed by atoms with Crippen LogP contribution >= 0.6 is 11.6 Å². The van der Waals surface area contributed by atoms with E-state index >= 15 is 0 Å². The number of carbonyl (C=O) groups is 1. The van der Waals surface area contributed by atoms with E-state index in [1.165, 1.54) is 6.07 Å². The zero-order valence-corrected chi connectivity index (χ0v) is 10.2. The third kappa shape index (κ3) is 4.20. The first-order chi connectivity index (χ1) is 8.04. The molecule has 0 aromatic carbocycles. The number of aromatic nitrogens is 1. The predicted octanol–water partition coefficient (Wildman–Crippen LogP) is 2.01. The topological polar surface area (TPSA) is 82.5 Å². The zero-order valence-electron chi connectivity index (χ0n) is 9.48. The minimum Gasteiger partial charge on any atom is -0.476 e. The Labute approximate surface area is 104 Å². The van der Waals surface area contributed by atoms with Crippen LogP contribution in [0.3, 0.4) is 0 Å². The molecule has 0 bridgehead atoms. The van der Waals surface area contributed by atoms with Crippen LogP contribution in [0.2, 0.25) is 5.02 Å². The van der Waals surface area contributed by atoms with E-state index in [-0.39, 0.29) is 10.7 Å². The van der Waals surface area contributed by atoms with Crippen molar-refractivity contribution in [2.45, 2.75) is 25.9 Å². The first-order valence-corrected chi connectivity index (χ1v) is 5.74. The van der Waals surface area contributed by atoms with Gasteiger partial charge in [0.05, 0.1) is 11.1 Å². The molecule has 3 N–H and O–H groups in total. The number of halogens is 1. The van der Waals surface area contributed by atoms with Gasteiger partial charge in [0.25, 0.3) is 0 Å². The molecular weight excluding hydrogens is 244 g/mol. The Hall–Kier alpha value is -1.33. The minimum absolute atomic E-state index is 0.0946. The third-order valence-corrected chi connectivity index (χ3v) is 2.49. The van der Waals surface area contributed by atoms with Crippen molar-refractivity contribution < 1.29 is 15.0 Å². The molecule has 0 fully saturated rings. The molecule has 0 aliphatic carbocycles. The Kier molecular flexibility index (Phi) is 5.18. The molecular formula is C11H15ClN2O3. The lowest BCUT2D eigenvalue weighted by Crippen LogP contribution is -2.20. The maximum absolute atomic E-state index is 10.8. The number of aliphatic hydroxyl groups is 1. The first kappa shape index (κ1) is 13.7. The fraction of sp³-hybridized carbons (Fsp3) is 0.455. The van der Waals surface area contributed by atoms with E-state index < -0.39 is 12.1 Å². The van der Waals surface area contributed by atoms with Crippen molar-refractivity contribution in [3.05, 3.63) is 22.8 Å². The van der Waals surface area contributed by atoms with E-state index in [0.29, 0.717) is 18.8 Å². The Morgan fingerprint density at radius 2 is 2.29 bits per heavy atom. The smallest absolute Gasteiger partial charge is 0.356 e. The summed E-state index contributed by atoms with van der Waals surface area (Å²) in [5.74, 6) is -0.783. The van der Waals surface area contributed by atoms with E-state index in [1.54, 1.807) is 6.07 Å². The quantitative estimate of drug-likeness (QED) is 0.727. The maximum atomic E-state index is 10.8. The van der Waals surface area contributed by atoms with Crippen molar-refractivity contribution in [2.24, 2.45) is 0 Å². The van der Waals surface area contributed by atoms with Gasteiger partial charge in [-0.1, -0.05) is 24.9 Å². The van der Waals surface area contributed by atoms with Gasteiger partial charge in [0.1, 0.15) is 5.82 Å². The number of hydrogen-bond donors (Lipinski definition) is 3. The summed E-state index contributed by atoms with van der Waals surface area (Å²) in [4.78, 5) is 14.6. The van der Waals surface area contributed by atoms with Crippen molar-refractivity contribution in [3.63, 3.8) is 0 Å². The van der Waals surface area contributed by atoms with Crippen LogP contribution in [0.25, 0.3) is 0 Å². The summed E-state index contributed by atoms with van der Waals surface area (Å²) in [5, 5.41) is 21.3. The SMILES string of the molecule is CCCC(O)CNc1ccc(Cl)c(C(=O)O)n1. The van der Waals surface area contributed by atoms with Gasteiger partial charge >= 0.3 is 5.97 Å². The van der Waals surface area contributed by atoms with Crippen molar-refractivity contribution in [1.82, 2.24) is 4.98 Å². The van der Waals surface area contributed by atoms with Gasteiger partial charge in [0, 0.05) is 6.54 Å². The molecule has 0 saturated carbocycles. The molecule has 0 amide bonds. The van der Waals surface area contributed by atoms with Crippen LogP contribution in [-0.2, 0) is 0 Å². The molecule has 0 aliphatic heterocycles. The van der Waals surface area contributed by atoms with Crippen molar-refractivity contribution in [2.75, 3.05) is 11.9 Å². The van der Waals surface area contributed by atoms with Gasteiger partial charge in [0.15, 0.2) is 5.69 Å². The van der Waals surface area contributed by atoms with E-state index in [4.69, 9.17) is 16.7 Å². The van der Waals surface area contributed by atoms with E-state index in [0.717, 1.165) is 6.42 Å². The molecule has 0 spiro atoms. The number of anilines is 1. The summed E-state index contributed by atoms with van der Waals surface area (Å²) < 4.78 is 0. The summed E-state index contributed by atoms with van der Waals surface area (Å²) in [7, 11) is 0. The highest BCUT2D eigenvalue weighted by Gasteiger charge is 2.11. The number of rotatable bonds is 6. The lowest BCUT2D eigenvalue weighted by Gasteiger charge is -2.11. The second kappa shape index (κ2) is 6.42. The molecule has 5 nitrogen and oxygen atoms in total. The molecule has 1 heterocycles. The summed E-state index contributed by atoms with van der Waals surface area (Å²) in [5.41, 5.74) is -0.193. The highest BCUT2D eigenvalue weighted by molar-refractivity contribution is 6.33. The third-order valence-electron chi connectivity index (χ3n) is 2.19. The number of nitrogens with one attached hydrogen (secondary N) is 1. The average Bonchev–Trinajstić information content (AvgIpc) is 2.28. The lowest BCUT2D eigenvalue weighted by molar-refractivity contribution is 0.0691. The van der Waals surface area contributed by atoms with Gasteiger partial charge in [-0.05, 0) is 18.6 Å². The van der Waals surface area contributed by atoms with Crippen LogP contribution in [0, 0.1) is 0 Å². The molecule has 94 valence electrons. The fourth-order valence-electron chi connectivity index (χ4n) is 1.35. The van der Waals surface area contributed by atoms with Crippen molar-refractivity contribution in [3.8, 4) is 0 Å². The average molecular weight is 259 g/mol. The Morgan fingerprint density at radius 3 is 2.88 bits per heavy atom. The molecule has 0 radical (unpaired) electrons. The largest absolute Gasteiger partial charge is 0.476 e. The van der Waals surface area contributed by atoms with Crippen molar-refractivity contribution in [1.29, 1.82) is 0 Å². The van der Waals surface area contributed by atoms with Crippen LogP contribution in [0.1, 0.15) is 30.3 Å². The van der Waals surface area contributed by atoms with Gasteiger partial charge in [0.2, 0.25) is 0 Å². The van der Waals surface area contributed by atoms with Gasteiger partial charge in [-0.25, -0.2) is 9.78 Å². The second-order valence-corrected chi connectivity index (χ2v) is 4.06. The molecule has 1 unspecified atom stereocenters. The Morgan fingerprint density at radius 1 is 1.59 bits per heavy atom. The molecule has 1 aromatic heterocycles. The van der Waals surface area contributed by atoms with E-state index in [9.17, 15) is 9.90 Å². The van der Waals surface area contributed by atoms with Crippen LogP contribution in [0.5, 0.6) is 0 Å². The predicted molar refractivity (Wildman–Crippen MR) is 65.6 cm³/mol. The number of aliphatic hydroxyl groups excluding tert-OH is 1. The molecule has 6 heteroatoms. The monoisotopic (exact) mass is 258 g/mol. The van der Waals surface area contributed by atoms with E-state index in [2.05, 4.69) is 10.3 Å². The normalized spacial score (nSPS) is 12.2. The number of carboxylic acid groups (broad SMARTS) is 1. The van der Waals surface area contributed by atoms with Gasteiger partial charge in [-0.3, -0.25) is 0 Å². The van der Waals surface area contributed by atoms with E-state index in [1.807, 2.05) is 6.92 Å². The first-order valence-electron chi connectivity index (χ1n) is 5.36. The molecule has 1 aromatic rings. The minimum atomic E-state index is -1.17. The molecule has 0 aliphatic rings. The molecule has 0 saturated heterocycles. The van der Waals surface area contributed by atoms with Gasteiger partial charge < -0.3 is 15.5 Å². The van der Waals surface area contributed by atoms with Crippen LogP contribution in [-0.4, -0.2) is 33.8 Å². The summed E-state index contributed by atoms with van der Waals surface area (Å²) >= 11 is 5.68. The lowest BCUT2D eigenvalue weighted by atomic mass is 10.2. The highest BCUT2D eigenvalue weighted by Crippen LogP contribution is 2.16. The maximum Gasteiger partial charge on any atom is 0.356 e. The Balaban J connectivity index is 2.66. The zero-order chi connectivity index (χ0) is 12.8. The standard InChI is InChI=1S/C11H15ClN2O3/c1-2-3-7(15)6-13-9-5-4-8(12)10(14-9)11(16)17/h4-5,7,15H,2-3,6H2,1H3,(H,13,14)(H,16,17). The van der Waals surface area contributed by atoms with Crippen LogP contribution < -0.4 is 5.32 Å². The Bertz CT molecular complexity index is 398. The molecule has 1 atom stereocenters. The van der Waals surface area contributed by atoms with Gasteiger partial charge in [-0.2, -0.15) is 0 Å². The number of pyridine rings is 1. The summed E-state index contributed by atoms with van der Waals surface area (Å²) in [6, 6.07) is 3.04. The number of nitrogens with zero attached hydrogens (tertiary/aromatic N) is 1. The van der Waals surface area contributed by atoms with Crippen LogP contribution in [0.4, 0.5) is 5.82 Å². The number of hydrogen-bond acceptors (Lipinski definition) is 4. The molecule has 1 rings (SSSR count). The number of carboxylic acids is 1.